The van der Waals surface area contributed by atoms with Crippen molar-refractivity contribution in [3.05, 3.63) is 65.2 Å². The fourth-order valence-corrected chi connectivity index (χ4v) is 2.83. The van der Waals surface area contributed by atoms with Crippen LogP contribution in [-0.2, 0) is 18.8 Å². The first-order valence-corrected chi connectivity index (χ1v) is 7.47. The topological polar surface area (TPSA) is 17.8 Å². The Labute approximate surface area is 128 Å². The Morgan fingerprint density at radius 3 is 2.76 bits per heavy atom. The molecule has 0 fully saturated rings. The molecule has 1 heterocycles. The minimum absolute atomic E-state index is 0.280. The summed E-state index contributed by atoms with van der Waals surface area (Å²) in [4.78, 5) is 4.32. The van der Waals surface area contributed by atoms with E-state index in [1.807, 2.05) is 10.6 Å². The van der Waals surface area contributed by atoms with Crippen molar-refractivity contribution in [3.63, 3.8) is 0 Å². The lowest BCUT2D eigenvalue weighted by Crippen LogP contribution is -2.05. The molecule has 0 saturated heterocycles. The van der Waals surface area contributed by atoms with Gasteiger partial charge in [0, 0.05) is 6.54 Å². The molecular weight excluding hydrogens is 287 g/mol. The van der Waals surface area contributed by atoms with E-state index in [0.717, 1.165) is 18.5 Å². The zero-order valence-corrected chi connectivity index (χ0v) is 12.6. The van der Waals surface area contributed by atoms with Gasteiger partial charge in [-0.2, -0.15) is 0 Å². The summed E-state index contributed by atoms with van der Waals surface area (Å²) in [5.74, 6) is 0.694. The van der Waals surface area contributed by atoms with Crippen LogP contribution < -0.4 is 0 Å². The van der Waals surface area contributed by atoms with E-state index in [9.17, 15) is 4.39 Å². The lowest BCUT2D eigenvalue weighted by atomic mass is 10.1. The van der Waals surface area contributed by atoms with Crippen LogP contribution in [0.25, 0.3) is 11.0 Å². The normalized spacial score (nSPS) is 11.2. The summed E-state index contributed by atoms with van der Waals surface area (Å²) >= 11 is 5.96. The maximum absolute atomic E-state index is 13.8. The molecule has 0 N–H and O–H groups in total. The van der Waals surface area contributed by atoms with Crippen molar-refractivity contribution >= 4 is 22.6 Å². The van der Waals surface area contributed by atoms with Crippen LogP contribution in [0.2, 0.25) is 0 Å². The van der Waals surface area contributed by atoms with E-state index in [0.29, 0.717) is 11.3 Å². The van der Waals surface area contributed by atoms with Gasteiger partial charge in [-0.05, 0) is 31.0 Å². The van der Waals surface area contributed by atoms with Crippen molar-refractivity contribution in [1.29, 1.82) is 0 Å². The van der Waals surface area contributed by atoms with Crippen LogP contribution >= 0.6 is 11.6 Å². The van der Waals surface area contributed by atoms with Crippen LogP contribution in [0, 0.1) is 12.7 Å². The molecule has 0 saturated carbocycles. The lowest BCUT2D eigenvalue weighted by Gasteiger charge is -2.08. The van der Waals surface area contributed by atoms with E-state index in [-0.39, 0.29) is 11.7 Å². The van der Waals surface area contributed by atoms with E-state index in [2.05, 4.69) is 36.2 Å². The van der Waals surface area contributed by atoms with Crippen LogP contribution in [0.3, 0.4) is 0 Å². The highest BCUT2D eigenvalue weighted by Gasteiger charge is 2.12. The third-order valence-electron chi connectivity index (χ3n) is 3.63. The van der Waals surface area contributed by atoms with Crippen molar-refractivity contribution in [2.45, 2.75) is 25.8 Å². The number of nitrogens with zero attached hydrogens (tertiary/aromatic N) is 2. The molecule has 3 rings (SSSR count). The van der Waals surface area contributed by atoms with Crippen LogP contribution in [0.4, 0.5) is 4.39 Å². The molecule has 1 aromatic heterocycles. The van der Waals surface area contributed by atoms with E-state index < -0.39 is 0 Å². The molecule has 0 aliphatic carbocycles. The number of aromatic nitrogens is 2. The van der Waals surface area contributed by atoms with Crippen molar-refractivity contribution in [1.82, 2.24) is 9.55 Å². The van der Waals surface area contributed by atoms with Gasteiger partial charge in [0.25, 0.3) is 0 Å². The molecule has 0 aliphatic rings. The number of hydrogen-bond acceptors (Lipinski definition) is 1. The van der Waals surface area contributed by atoms with Gasteiger partial charge in [-0.1, -0.05) is 35.9 Å². The molecule has 0 unspecified atom stereocenters. The molecule has 108 valence electrons. The maximum atomic E-state index is 13.8. The second-order valence-corrected chi connectivity index (χ2v) is 5.43. The maximum Gasteiger partial charge on any atom is 0.151 e. The van der Waals surface area contributed by atoms with Crippen LogP contribution in [-0.4, -0.2) is 9.55 Å². The Morgan fingerprint density at radius 1 is 1.19 bits per heavy atom. The van der Waals surface area contributed by atoms with Gasteiger partial charge >= 0.3 is 0 Å². The van der Waals surface area contributed by atoms with Crippen molar-refractivity contribution < 1.29 is 4.39 Å². The van der Waals surface area contributed by atoms with Crippen LogP contribution in [0.15, 0.2) is 42.5 Å². The quantitative estimate of drug-likeness (QED) is 0.650. The Hall–Kier alpha value is -1.87. The second-order valence-electron chi connectivity index (χ2n) is 5.16. The smallest absolute Gasteiger partial charge is 0.151 e. The summed E-state index contributed by atoms with van der Waals surface area (Å²) < 4.78 is 15.8. The molecule has 0 amide bonds. The Kier molecular flexibility index (Phi) is 3.93. The number of aryl methyl sites for hydroxylation is 3. The molecule has 0 atom stereocenters. The summed E-state index contributed by atoms with van der Waals surface area (Å²) in [5, 5.41) is 0. The van der Waals surface area contributed by atoms with Gasteiger partial charge in [-0.3, -0.25) is 0 Å². The summed E-state index contributed by atoms with van der Waals surface area (Å²) in [7, 11) is 0. The summed E-state index contributed by atoms with van der Waals surface area (Å²) in [6.45, 7) is 2.82. The van der Waals surface area contributed by atoms with E-state index in [4.69, 9.17) is 11.6 Å². The average Bonchev–Trinajstić information content (AvgIpc) is 2.84. The fraction of sp³-hybridized carbons (Fsp3) is 0.235. The minimum atomic E-state index is -0.298. The Morgan fingerprint density at radius 2 is 2.00 bits per heavy atom. The van der Waals surface area contributed by atoms with Crippen LogP contribution in [0.5, 0.6) is 0 Å². The van der Waals surface area contributed by atoms with Gasteiger partial charge in [0.05, 0.1) is 11.4 Å². The van der Waals surface area contributed by atoms with Crippen molar-refractivity contribution in [2.75, 3.05) is 0 Å². The third-order valence-corrected chi connectivity index (χ3v) is 3.87. The fourth-order valence-electron chi connectivity index (χ4n) is 2.62. The number of para-hydroxylation sites is 1. The van der Waals surface area contributed by atoms with Crippen molar-refractivity contribution in [3.8, 4) is 0 Å². The summed E-state index contributed by atoms with van der Waals surface area (Å²) in [5.41, 5.74) is 3.70. The second kappa shape index (κ2) is 5.86. The zero-order chi connectivity index (χ0) is 14.8. The average molecular weight is 303 g/mol. The van der Waals surface area contributed by atoms with Gasteiger partial charge in [-0.15, -0.1) is 11.6 Å². The number of hydrogen-bond donors (Lipinski definition) is 0. The molecule has 0 bridgehead atoms. The molecule has 0 spiro atoms. The molecule has 2 nitrogen and oxygen atoms in total. The lowest BCUT2D eigenvalue weighted by molar-refractivity contribution is 0.637. The standard InChI is InChI=1S/C17H16ClFN2/c1-12-4-2-5-13(10-12)8-9-21-15-7-3-6-14(19)17(15)20-16(21)11-18/h2-7,10H,8-9,11H2,1H3. The zero-order valence-electron chi connectivity index (χ0n) is 11.8. The first-order chi connectivity index (χ1) is 10.2. The summed E-state index contributed by atoms with van der Waals surface area (Å²) in [6.07, 6.45) is 0.869. The highest BCUT2D eigenvalue weighted by molar-refractivity contribution is 6.16. The highest BCUT2D eigenvalue weighted by atomic mass is 35.5. The third kappa shape index (κ3) is 2.79. The van der Waals surface area contributed by atoms with Gasteiger partial charge in [0.15, 0.2) is 5.82 Å². The molecule has 0 radical (unpaired) electrons. The largest absolute Gasteiger partial charge is 0.327 e. The Bertz CT molecular complexity index is 780. The molecule has 3 aromatic rings. The van der Waals surface area contributed by atoms with E-state index in [1.54, 1.807) is 6.07 Å². The van der Waals surface area contributed by atoms with Gasteiger partial charge < -0.3 is 4.57 Å². The highest BCUT2D eigenvalue weighted by Crippen LogP contribution is 2.21. The molecule has 21 heavy (non-hydrogen) atoms. The van der Waals surface area contributed by atoms with Crippen LogP contribution in [0.1, 0.15) is 17.0 Å². The molecular formula is C17H16ClFN2. The molecule has 0 aliphatic heterocycles. The van der Waals surface area contributed by atoms with Gasteiger partial charge in [-0.25, -0.2) is 9.37 Å². The number of benzene rings is 2. The predicted molar refractivity (Wildman–Crippen MR) is 84.1 cm³/mol. The number of alkyl halides is 1. The number of imidazole rings is 1. The predicted octanol–water partition coefficient (Wildman–Crippen LogP) is 4.47. The first kappa shape index (κ1) is 14.1. The van der Waals surface area contributed by atoms with E-state index >= 15 is 0 Å². The Balaban J connectivity index is 1.94. The minimum Gasteiger partial charge on any atom is -0.327 e. The molecule has 2 aromatic carbocycles. The number of rotatable bonds is 4. The monoisotopic (exact) mass is 302 g/mol. The number of fused-ring (bicyclic) bond motifs is 1. The van der Waals surface area contributed by atoms with Gasteiger partial charge in [0.1, 0.15) is 11.3 Å². The summed E-state index contributed by atoms with van der Waals surface area (Å²) in [6, 6.07) is 13.4. The van der Waals surface area contributed by atoms with Gasteiger partial charge in [0.2, 0.25) is 0 Å². The van der Waals surface area contributed by atoms with E-state index in [1.165, 1.54) is 17.2 Å². The first-order valence-electron chi connectivity index (χ1n) is 6.94. The SMILES string of the molecule is Cc1cccc(CCn2c(CCl)nc3c(F)cccc32)c1. The molecule has 4 heteroatoms. The number of halogens is 2. The van der Waals surface area contributed by atoms with Crippen molar-refractivity contribution in [2.24, 2.45) is 0 Å².